The van der Waals surface area contributed by atoms with Crippen LogP contribution < -0.4 is 0 Å². The fraction of sp³-hybridized carbons (Fsp3) is 0.538. The van der Waals surface area contributed by atoms with Crippen molar-refractivity contribution in [1.29, 1.82) is 0 Å². The third kappa shape index (κ3) is 4.96. The molecule has 1 rings (SSSR count). The lowest BCUT2D eigenvalue weighted by Gasteiger charge is -2.16. The predicted molar refractivity (Wildman–Crippen MR) is 61.6 cm³/mol. The van der Waals surface area contributed by atoms with Crippen LogP contribution in [-0.4, -0.2) is 17.8 Å². The molecule has 2 nitrogen and oxygen atoms in total. The van der Waals surface area contributed by atoms with E-state index in [1.165, 1.54) is 5.56 Å². The van der Waals surface area contributed by atoms with Gasteiger partial charge in [-0.05, 0) is 24.8 Å². The van der Waals surface area contributed by atoms with E-state index in [1.54, 1.807) is 0 Å². The zero-order valence-corrected chi connectivity index (χ0v) is 9.52. The van der Waals surface area contributed by atoms with Gasteiger partial charge in [-0.1, -0.05) is 37.3 Å². The molecule has 0 heterocycles. The molecule has 0 aliphatic heterocycles. The molecule has 0 fully saturated rings. The Labute approximate surface area is 91.9 Å². The molecule has 2 heteroatoms. The highest BCUT2D eigenvalue weighted by molar-refractivity contribution is 5.13. The minimum Gasteiger partial charge on any atom is -0.396 e. The van der Waals surface area contributed by atoms with Crippen LogP contribution in [0.25, 0.3) is 0 Å². The lowest BCUT2D eigenvalue weighted by atomic mass is 10.1. The summed E-state index contributed by atoms with van der Waals surface area (Å²) in [6.07, 6.45) is 1.11. The van der Waals surface area contributed by atoms with E-state index < -0.39 is 0 Å². The first-order chi connectivity index (χ1) is 7.22. The van der Waals surface area contributed by atoms with Gasteiger partial charge < -0.3 is 9.84 Å². The molecule has 1 N–H and O–H groups in total. The minimum atomic E-state index is 0.201. The van der Waals surface area contributed by atoms with E-state index in [9.17, 15) is 0 Å². The zero-order chi connectivity index (χ0) is 11.1. The van der Waals surface area contributed by atoms with Crippen molar-refractivity contribution in [2.75, 3.05) is 6.61 Å². The van der Waals surface area contributed by atoms with Gasteiger partial charge >= 0.3 is 0 Å². The second kappa shape index (κ2) is 6.59. The molecule has 1 aromatic rings. The number of ether oxygens (including phenoxy) is 1. The molecule has 0 aromatic heterocycles. The van der Waals surface area contributed by atoms with Gasteiger partial charge in [0.1, 0.15) is 0 Å². The van der Waals surface area contributed by atoms with E-state index in [0.29, 0.717) is 12.5 Å². The summed E-state index contributed by atoms with van der Waals surface area (Å²) in [4.78, 5) is 0. The molecule has 0 saturated heterocycles. The Morgan fingerprint density at radius 1 is 1.20 bits per heavy atom. The second-order valence-corrected chi connectivity index (χ2v) is 4.13. The highest BCUT2D eigenvalue weighted by atomic mass is 16.5. The van der Waals surface area contributed by atoms with Crippen molar-refractivity contribution in [3.63, 3.8) is 0 Å². The van der Waals surface area contributed by atoms with Gasteiger partial charge in [-0.15, -0.1) is 0 Å². The SMILES string of the molecule is C[C@@H](CO)C[C@H](C)OCc1ccccc1. The summed E-state index contributed by atoms with van der Waals surface area (Å²) in [6.45, 7) is 4.97. The van der Waals surface area contributed by atoms with Crippen LogP contribution in [0.5, 0.6) is 0 Å². The Kier molecular flexibility index (Phi) is 5.37. The normalized spacial score (nSPS) is 14.9. The Hall–Kier alpha value is -0.860. The van der Waals surface area contributed by atoms with Gasteiger partial charge in [0.15, 0.2) is 0 Å². The average Bonchev–Trinajstić information content (AvgIpc) is 2.27. The van der Waals surface area contributed by atoms with Crippen LogP contribution >= 0.6 is 0 Å². The standard InChI is InChI=1S/C13H20O2/c1-11(9-14)8-12(2)15-10-13-6-4-3-5-7-13/h3-7,11-12,14H,8-10H2,1-2H3/t11-,12+/m1/s1. The van der Waals surface area contributed by atoms with Crippen LogP contribution in [0.1, 0.15) is 25.8 Å². The first-order valence-corrected chi connectivity index (χ1v) is 5.48. The maximum absolute atomic E-state index is 8.91. The molecule has 0 spiro atoms. The maximum Gasteiger partial charge on any atom is 0.0720 e. The van der Waals surface area contributed by atoms with Crippen LogP contribution in [0.15, 0.2) is 30.3 Å². The molecule has 84 valence electrons. The van der Waals surface area contributed by atoms with E-state index in [-0.39, 0.29) is 12.7 Å². The van der Waals surface area contributed by atoms with Crippen LogP contribution in [-0.2, 0) is 11.3 Å². The molecule has 1 aromatic carbocycles. The summed E-state index contributed by atoms with van der Waals surface area (Å²) in [5.74, 6) is 0.316. The Morgan fingerprint density at radius 3 is 2.47 bits per heavy atom. The van der Waals surface area contributed by atoms with Gasteiger partial charge in [-0.2, -0.15) is 0 Å². The van der Waals surface area contributed by atoms with Crippen molar-refractivity contribution >= 4 is 0 Å². The molecule has 0 bridgehead atoms. The molecular formula is C13H20O2. The third-order valence-electron chi connectivity index (χ3n) is 2.42. The molecule has 0 amide bonds. The van der Waals surface area contributed by atoms with E-state index in [2.05, 4.69) is 19.1 Å². The van der Waals surface area contributed by atoms with E-state index in [0.717, 1.165) is 6.42 Å². The minimum absolute atomic E-state index is 0.201. The number of hydrogen-bond acceptors (Lipinski definition) is 2. The van der Waals surface area contributed by atoms with Crippen molar-refractivity contribution in [2.24, 2.45) is 5.92 Å². The fourth-order valence-corrected chi connectivity index (χ4v) is 1.52. The van der Waals surface area contributed by atoms with E-state index >= 15 is 0 Å². The Balaban J connectivity index is 2.25. The summed E-state index contributed by atoms with van der Waals surface area (Å²) < 4.78 is 5.69. The molecular weight excluding hydrogens is 188 g/mol. The summed E-state index contributed by atoms with van der Waals surface area (Å²) in [7, 11) is 0. The van der Waals surface area contributed by atoms with E-state index in [4.69, 9.17) is 9.84 Å². The number of aliphatic hydroxyl groups excluding tert-OH is 1. The van der Waals surface area contributed by atoms with Crippen molar-refractivity contribution in [3.8, 4) is 0 Å². The summed E-state index contributed by atoms with van der Waals surface area (Å²) in [6, 6.07) is 10.1. The summed E-state index contributed by atoms with van der Waals surface area (Å²) in [5, 5.41) is 8.91. The first-order valence-electron chi connectivity index (χ1n) is 5.48. The highest BCUT2D eigenvalue weighted by Gasteiger charge is 2.07. The summed E-state index contributed by atoms with van der Waals surface area (Å²) >= 11 is 0. The molecule has 2 atom stereocenters. The fourth-order valence-electron chi connectivity index (χ4n) is 1.52. The van der Waals surface area contributed by atoms with Crippen molar-refractivity contribution in [1.82, 2.24) is 0 Å². The highest BCUT2D eigenvalue weighted by Crippen LogP contribution is 2.10. The third-order valence-corrected chi connectivity index (χ3v) is 2.42. The van der Waals surface area contributed by atoms with Crippen LogP contribution in [0, 0.1) is 5.92 Å². The van der Waals surface area contributed by atoms with E-state index in [1.807, 2.05) is 25.1 Å². The number of hydrogen-bond donors (Lipinski definition) is 1. The zero-order valence-electron chi connectivity index (χ0n) is 9.52. The van der Waals surface area contributed by atoms with Crippen molar-refractivity contribution < 1.29 is 9.84 Å². The molecule has 15 heavy (non-hydrogen) atoms. The average molecular weight is 208 g/mol. The predicted octanol–water partition coefficient (Wildman–Crippen LogP) is 2.61. The van der Waals surface area contributed by atoms with Crippen LogP contribution in [0.3, 0.4) is 0 Å². The summed E-state index contributed by atoms with van der Waals surface area (Å²) in [5.41, 5.74) is 1.20. The van der Waals surface area contributed by atoms with Crippen molar-refractivity contribution in [2.45, 2.75) is 33.0 Å². The Morgan fingerprint density at radius 2 is 1.87 bits per heavy atom. The van der Waals surface area contributed by atoms with Gasteiger partial charge in [0.2, 0.25) is 0 Å². The van der Waals surface area contributed by atoms with Gasteiger partial charge in [0, 0.05) is 6.61 Å². The topological polar surface area (TPSA) is 29.5 Å². The molecule has 0 aliphatic rings. The molecule has 0 radical (unpaired) electrons. The quantitative estimate of drug-likeness (QED) is 0.778. The monoisotopic (exact) mass is 208 g/mol. The number of benzene rings is 1. The van der Waals surface area contributed by atoms with Gasteiger partial charge in [0.25, 0.3) is 0 Å². The molecule has 0 aliphatic carbocycles. The lowest BCUT2D eigenvalue weighted by Crippen LogP contribution is -2.14. The number of rotatable bonds is 6. The largest absolute Gasteiger partial charge is 0.396 e. The van der Waals surface area contributed by atoms with Gasteiger partial charge in [0.05, 0.1) is 12.7 Å². The molecule has 0 unspecified atom stereocenters. The van der Waals surface area contributed by atoms with Crippen LogP contribution in [0.2, 0.25) is 0 Å². The van der Waals surface area contributed by atoms with Crippen molar-refractivity contribution in [3.05, 3.63) is 35.9 Å². The van der Waals surface area contributed by atoms with Gasteiger partial charge in [-0.3, -0.25) is 0 Å². The Bertz CT molecular complexity index is 258. The molecule has 0 saturated carbocycles. The van der Waals surface area contributed by atoms with Gasteiger partial charge in [-0.25, -0.2) is 0 Å². The first kappa shape index (κ1) is 12.2. The second-order valence-electron chi connectivity index (χ2n) is 4.13. The maximum atomic E-state index is 8.91. The smallest absolute Gasteiger partial charge is 0.0720 e. The lowest BCUT2D eigenvalue weighted by molar-refractivity contribution is 0.0317. The van der Waals surface area contributed by atoms with Crippen LogP contribution in [0.4, 0.5) is 0 Å². The number of aliphatic hydroxyl groups is 1.